The number of amidine groups is 1. The van der Waals surface area contributed by atoms with Gasteiger partial charge >= 0.3 is 0 Å². The van der Waals surface area contributed by atoms with Crippen LogP contribution in [-0.4, -0.2) is 23.9 Å². The van der Waals surface area contributed by atoms with Gasteiger partial charge in [0.2, 0.25) is 5.91 Å². The molecule has 0 bridgehead atoms. The van der Waals surface area contributed by atoms with Crippen LogP contribution in [0.1, 0.15) is 66.5 Å². The fourth-order valence-corrected chi connectivity index (χ4v) is 4.47. The van der Waals surface area contributed by atoms with Gasteiger partial charge in [-0.3, -0.25) is 9.79 Å². The number of rotatable bonds is 5. The highest BCUT2D eigenvalue weighted by Crippen LogP contribution is 2.37. The first-order chi connectivity index (χ1) is 14.3. The molecule has 2 rings (SSSR count). The quantitative estimate of drug-likeness (QED) is 0.469. The Labute approximate surface area is 190 Å². The van der Waals surface area contributed by atoms with Gasteiger partial charge in [-0.05, 0) is 57.6 Å². The highest BCUT2D eigenvalue weighted by molar-refractivity contribution is 8.14. The molecule has 4 nitrogen and oxygen atoms in total. The number of carbonyl (C=O) groups excluding carboxylic acids is 1. The average molecular weight is 450 g/mol. The van der Waals surface area contributed by atoms with Crippen molar-refractivity contribution in [2.45, 2.75) is 60.9 Å². The second kappa shape index (κ2) is 14.6. The van der Waals surface area contributed by atoms with Crippen LogP contribution < -0.4 is 16.4 Å². The smallest absolute Gasteiger partial charge is 0.237 e. The van der Waals surface area contributed by atoms with Gasteiger partial charge in [0.05, 0.1) is 11.5 Å². The van der Waals surface area contributed by atoms with Gasteiger partial charge in [-0.15, -0.1) is 9.24 Å². The first-order valence-electron chi connectivity index (χ1n) is 10.6. The van der Waals surface area contributed by atoms with Crippen molar-refractivity contribution < 1.29 is 4.79 Å². The third kappa shape index (κ3) is 7.68. The maximum atomic E-state index is 12.9. The van der Waals surface area contributed by atoms with E-state index in [1.165, 1.54) is 12.6 Å². The SMILES string of the molecule is C/C=C(\C=C(\C)CC)C1(C)CSC(=N[C@@H](C)c2ccccc2P)NC1=O.CC.CN. The van der Waals surface area contributed by atoms with Crippen molar-refractivity contribution in [2.24, 2.45) is 16.1 Å². The van der Waals surface area contributed by atoms with E-state index in [9.17, 15) is 4.79 Å². The van der Waals surface area contributed by atoms with E-state index in [1.54, 1.807) is 11.8 Å². The molecule has 30 heavy (non-hydrogen) atoms. The van der Waals surface area contributed by atoms with Crippen LogP contribution in [0.15, 0.2) is 52.6 Å². The van der Waals surface area contributed by atoms with Gasteiger partial charge in [0, 0.05) is 5.75 Å². The molecule has 1 aliphatic rings. The standard InChI is InChI=1S/C21H29N2OPS.C2H6.CH5N/c1-6-14(3)12-16(7-2)21(5)13-26-20(23-19(21)24)22-15(4)17-10-8-9-11-18(17)25;2*1-2/h7-12,15H,6,13,25H2,1-5H3,(H,22,23,24);1-2H3;2H2,1H3/b14-12-,16-7+;;/t15-,21?;;/m0../s1. The minimum absolute atomic E-state index is 0.000671. The number of benzene rings is 1. The Hall–Kier alpha value is -1.42. The molecule has 1 saturated heterocycles. The molecule has 1 aromatic rings. The molecule has 3 atom stereocenters. The van der Waals surface area contributed by atoms with Crippen molar-refractivity contribution >= 4 is 37.4 Å². The van der Waals surface area contributed by atoms with Crippen LogP contribution in [0.25, 0.3) is 0 Å². The summed E-state index contributed by atoms with van der Waals surface area (Å²) in [7, 11) is 4.25. The summed E-state index contributed by atoms with van der Waals surface area (Å²) in [6, 6.07) is 8.16. The van der Waals surface area contributed by atoms with Crippen molar-refractivity contribution in [1.82, 2.24) is 5.32 Å². The summed E-state index contributed by atoms with van der Waals surface area (Å²) in [6.45, 7) is 14.3. The lowest BCUT2D eigenvalue weighted by Crippen LogP contribution is -2.48. The van der Waals surface area contributed by atoms with E-state index in [0.29, 0.717) is 10.9 Å². The molecule has 1 fully saturated rings. The molecule has 1 amide bonds. The summed E-state index contributed by atoms with van der Waals surface area (Å²) < 4.78 is 0. The Bertz CT molecular complexity index is 773. The lowest BCUT2D eigenvalue weighted by Gasteiger charge is -2.34. The molecule has 2 unspecified atom stereocenters. The van der Waals surface area contributed by atoms with E-state index in [2.05, 4.69) is 65.3 Å². The Morgan fingerprint density at radius 3 is 2.47 bits per heavy atom. The van der Waals surface area contributed by atoms with Crippen LogP contribution in [-0.2, 0) is 4.79 Å². The number of nitrogens with zero attached hydrogens (tertiary/aromatic N) is 1. The van der Waals surface area contributed by atoms with E-state index >= 15 is 0 Å². The van der Waals surface area contributed by atoms with Gasteiger partial charge in [-0.1, -0.05) is 74.5 Å². The Morgan fingerprint density at radius 2 is 1.97 bits per heavy atom. The number of thioether (sulfide) groups is 1. The van der Waals surface area contributed by atoms with Crippen molar-refractivity contribution in [3.8, 4) is 0 Å². The minimum atomic E-state index is -0.531. The van der Waals surface area contributed by atoms with Gasteiger partial charge in [-0.2, -0.15) is 0 Å². The second-order valence-corrected chi connectivity index (χ2v) is 8.49. The van der Waals surface area contributed by atoms with Gasteiger partial charge in [0.15, 0.2) is 5.17 Å². The normalized spacial score (nSPS) is 21.7. The van der Waals surface area contributed by atoms with Crippen molar-refractivity contribution in [2.75, 3.05) is 12.8 Å². The van der Waals surface area contributed by atoms with Gasteiger partial charge in [0.25, 0.3) is 0 Å². The van der Waals surface area contributed by atoms with E-state index in [1.807, 2.05) is 39.8 Å². The number of carbonyl (C=O) groups is 1. The summed E-state index contributed by atoms with van der Waals surface area (Å²) in [5.74, 6) is 0.717. The highest BCUT2D eigenvalue weighted by Gasteiger charge is 2.40. The van der Waals surface area contributed by atoms with Crippen LogP contribution in [0, 0.1) is 5.41 Å². The molecule has 0 spiro atoms. The summed E-state index contributed by atoms with van der Waals surface area (Å²) in [5, 5.41) is 4.88. The van der Waals surface area contributed by atoms with Gasteiger partial charge in [0.1, 0.15) is 0 Å². The molecule has 168 valence electrons. The zero-order valence-corrected chi connectivity index (χ0v) is 21.8. The molecular weight excluding hydrogens is 409 g/mol. The maximum Gasteiger partial charge on any atom is 0.237 e. The van der Waals surface area contributed by atoms with E-state index in [-0.39, 0.29) is 11.9 Å². The van der Waals surface area contributed by atoms with E-state index in [4.69, 9.17) is 4.99 Å². The van der Waals surface area contributed by atoms with Gasteiger partial charge < -0.3 is 11.1 Å². The maximum absolute atomic E-state index is 12.9. The molecular formula is C24H40N3OPS. The third-order valence-electron chi connectivity index (χ3n) is 4.88. The van der Waals surface area contributed by atoms with Crippen molar-refractivity contribution in [3.05, 3.63) is 53.1 Å². The zero-order chi connectivity index (χ0) is 23.3. The Morgan fingerprint density at radius 1 is 1.37 bits per heavy atom. The van der Waals surface area contributed by atoms with Gasteiger partial charge in [-0.25, -0.2) is 0 Å². The minimum Gasteiger partial charge on any atom is -0.333 e. The lowest BCUT2D eigenvalue weighted by molar-refractivity contribution is -0.125. The fourth-order valence-electron chi connectivity index (χ4n) is 2.90. The van der Waals surface area contributed by atoms with Crippen LogP contribution in [0.2, 0.25) is 0 Å². The number of nitrogens with two attached hydrogens (primary N) is 1. The molecule has 1 aromatic carbocycles. The molecule has 0 aromatic heterocycles. The zero-order valence-electron chi connectivity index (χ0n) is 19.9. The van der Waals surface area contributed by atoms with Crippen LogP contribution in [0.5, 0.6) is 0 Å². The van der Waals surface area contributed by atoms with Crippen molar-refractivity contribution in [3.63, 3.8) is 0 Å². The van der Waals surface area contributed by atoms with E-state index < -0.39 is 5.41 Å². The number of allylic oxidation sites excluding steroid dienone is 3. The monoisotopic (exact) mass is 449 g/mol. The lowest BCUT2D eigenvalue weighted by atomic mass is 9.81. The topological polar surface area (TPSA) is 67.5 Å². The van der Waals surface area contributed by atoms with Crippen LogP contribution in [0.4, 0.5) is 0 Å². The number of nitrogens with one attached hydrogen (secondary N) is 1. The Kier molecular flexibility index (Phi) is 13.9. The number of hydrogen-bond donors (Lipinski definition) is 2. The number of aliphatic imine (C=N–C) groups is 1. The molecule has 0 radical (unpaired) electrons. The average Bonchev–Trinajstić information content (AvgIpc) is 2.77. The van der Waals surface area contributed by atoms with Crippen molar-refractivity contribution in [1.29, 1.82) is 0 Å². The van der Waals surface area contributed by atoms with E-state index in [0.717, 1.165) is 22.9 Å². The molecule has 1 aliphatic heterocycles. The highest BCUT2D eigenvalue weighted by atomic mass is 32.2. The summed E-state index contributed by atoms with van der Waals surface area (Å²) in [6.07, 6.45) is 5.19. The first kappa shape index (κ1) is 28.6. The molecule has 1 heterocycles. The molecule has 0 saturated carbocycles. The Balaban J connectivity index is 0.00000198. The van der Waals surface area contributed by atoms with Crippen LogP contribution >= 0.6 is 21.0 Å². The third-order valence-corrected chi connectivity index (χ3v) is 6.61. The predicted molar refractivity (Wildman–Crippen MR) is 140 cm³/mol. The summed E-state index contributed by atoms with van der Waals surface area (Å²) in [4.78, 5) is 17.6. The number of hydrogen-bond acceptors (Lipinski definition) is 4. The first-order valence-corrected chi connectivity index (χ1v) is 12.2. The predicted octanol–water partition coefficient (Wildman–Crippen LogP) is 5.38. The van der Waals surface area contributed by atoms with Crippen LogP contribution in [0.3, 0.4) is 0 Å². The molecule has 3 N–H and O–H groups in total. The largest absolute Gasteiger partial charge is 0.333 e. The molecule has 0 aliphatic carbocycles. The fraction of sp³-hybridized carbons (Fsp3) is 0.500. The summed E-state index contributed by atoms with van der Waals surface area (Å²) in [5.41, 5.74) is 7.48. The number of amides is 1. The summed E-state index contributed by atoms with van der Waals surface area (Å²) >= 11 is 1.62. The molecule has 6 heteroatoms. The second-order valence-electron chi connectivity index (χ2n) is 6.90.